The van der Waals surface area contributed by atoms with E-state index in [0.717, 1.165) is 93.9 Å². The van der Waals surface area contributed by atoms with E-state index in [2.05, 4.69) is 104 Å². The fourth-order valence-electron chi connectivity index (χ4n) is 7.91. The molecular formula is C55H50BrF3N12. The molecule has 358 valence electrons. The number of fused-ring (bicyclic) bond motifs is 6. The summed E-state index contributed by atoms with van der Waals surface area (Å²) in [5, 5.41) is 13.2. The zero-order valence-corrected chi connectivity index (χ0v) is 40.8. The maximum atomic E-state index is 13.3. The second-order valence-corrected chi connectivity index (χ2v) is 16.6. The van der Waals surface area contributed by atoms with E-state index in [9.17, 15) is 13.2 Å². The predicted molar refractivity (Wildman–Crippen MR) is 288 cm³/mol. The van der Waals surface area contributed by atoms with Crippen molar-refractivity contribution in [2.24, 2.45) is 5.73 Å². The van der Waals surface area contributed by atoms with E-state index in [1.807, 2.05) is 120 Å². The van der Waals surface area contributed by atoms with Gasteiger partial charge < -0.3 is 16.0 Å². The van der Waals surface area contributed by atoms with Crippen LogP contribution in [0.2, 0.25) is 0 Å². The van der Waals surface area contributed by atoms with Gasteiger partial charge in [-0.05, 0) is 120 Å². The second-order valence-electron chi connectivity index (χ2n) is 15.8. The van der Waals surface area contributed by atoms with Crippen LogP contribution in [-0.2, 0) is 0 Å². The van der Waals surface area contributed by atoms with Crippen molar-refractivity contribution in [3.05, 3.63) is 189 Å². The van der Waals surface area contributed by atoms with Crippen LogP contribution >= 0.6 is 15.9 Å². The third-order valence-electron chi connectivity index (χ3n) is 11.5. The van der Waals surface area contributed by atoms with Gasteiger partial charge >= 0.3 is 0 Å². The molecule has 0 aliphatic heterocycles. The average Bonchev–Trinajstić information content (AvgIpc) is 4.19. The number of nitrogens with one attached hydrogen (secondary N) is 1. The van der Waals surface area contributed by atoms with Crippen LogP contribution in [0, 0.1) is 5.82 Å². The Labute approximate surface area is 416 Å². The lowest BCUT2D eigenvalue weighted by atomic mass is 10.1. The lowest BCUT2D eigenvalue weighted by molar-refractivity contribution is 0.497. The molecule has 12 nitrogen and oxygen atoms in total. The highest BCUT2D eigenvalue weighted by molar-refractivity contribution is 9.09. The molecule has 3 N–H and O–H groups in total. The van der Waals surface area contributed by atoms with Gasteiger partial charge in [-0.25, -0.2) is 23.7 Å². The van der Waals surface area contributed by atoms with Gasteiger partial charge in [-0.15, -0.1) is 0 Å². The molecule has 0 unspecified atom stereocenters. The summed E-state index contributed by atoms with van der Waals surface area (Å²) >= 11 is 2.87. The normalized spacial score (nSPS) is 10.8. The van der Waals surface area contributed by atoms with Gasteiger partial charge in [0.25, 0.3) is 0 Å². The summed E-state index contributed by atoms with van der Waals surface area (Å²) in [4.78, 5) is 28.0. The van der Waals surface area contributed by atoms with Crippen LogP contribution < -0.4 is 16.0 Å². The van der Waals surface area contributed by atoms with Crippen LogP contribution in [0.15, 0.2) is 184 Å². The molecule has 0 saturated heterocycles. The highest BCUT2D eigenvalue weighted by Gasteiger charge is 2.10. The van der Waals surface area contributed by atoms with Crippen molar-refractivity contribution in [2.45, 2.75) is 0 Å². The van der Waals surface area contributed by atoms with Gasteiger partial charge in [0.2, 0.25) is 0 Å². The summed E-state index contributed by atoms with van der Waals surface area (Å²) in [6.45, 7) is -0.240. The molecule has 16 heteroatoms. The maximum Gasteiger partial charge on any atom is 0.137 e. The second kappa shape index (κ2) is 23.4. The summed E-state index contributed by atoms with van der Waals surface area (Å²) < 4.78 is 42.6. The molecule has 0 saturated carbocycles. The van der Waals surface area contributed by atoms with Gasteiger partial charge in [0.1, 0.15) is 29.9 Å². The molecule has 0 radical (unpaired) electrons. The molecule has 12 aromatic rings. The van der Waals surface area contributed by atoms with Crippen molar-refractivity contribution >= 4 is 92.3 Å². The minimum atomic E-state index is -0.363. The molecule has 0 fully saturated rings. The first kappa shape index (κ1) is 49.2. The number of halogens is 4. The Morgan fingerprint density at radius 3 is 1.37 bits per heavy atom. The number of nitrogens with two attached hydrogens (primary N) is 1. The number of anilines is 2. The predicted octanol–water partition coefficient (Wildman–Crippen LogP) is 12.2. The summed E-state index contributed by atoms with van der Waals surface area (Å²) in [5.74, 6) is 2.26. The number of hydrogen-bond donors (Lipinski definition) is 2. The fourth-order valence-corrected chi connectivity index (χ4v) is 7.91. The minimum Gasteiger partial charge on any atom is -0.388 e. The first-order chi connectivity index (χ1) is 34.8. The zero-order valence-electron chi connectivity index (χ0n) is 39.2. The maximum absolute atomic E-state index is 13.3. The standard InChI is InChI=1S/C19H17FN4.C17H14N4.C16H10FN3.C2H4BrF.CH5N/c1-23(9-6-20)17-3-2-15-12-22-19(11-16(15)10-17)24-8-5-14-4-7-21-13-18(14)24;1-18-15-3-2-13-10-20-17(9-14(13)8-15)21-7-5-12-4-6-19-11-16(12)21;17-14-2-1-12-9-19-16(8-13(12)7-14)20-6-4-11-3-5-18-10-15(11)20;3-1-2-4;1-2/h2-5,7-8,10-13H,6,9H2,1H3;2-11,18H,1H3;1-10H;1-2H2;2H2,1H3. The number of nitrogens with zero attached hydrogens (tertiary/aromatic N) is 10. The molecule has 0 atom stereocenters. The van der Waals surface area contributed by atoms with Crippen LogP contribution in [-0.4, -0.2) is 90.0 Å². The highest BCUT2D eigenvalue weighted by Crippen LogP contribution is 2.27. The Morgan fingerprint density at radius 2 is 0.930 bits per heavy atom. The Kier molecular flexibility index (Phi) is 16.2. The number of rotatable bonds is 8. The lowest BCUT2D eigenvalue weighted by Crippen LogP contribution is -2.19. The SMILES string of the molecule is CN.CN(CCF)c1ccc2cnc(-n3ccc4ccncc43)cc2c1.CNc1ccc2cnc(-n3ccc4ccncc43)cc2c1.FCCBr.Fc1ccc2cnc(-n3ccc4ccncc43)cc2c1. The quantitative estimate of drug-likeness (QED) is 0.143. The van der Waals surface area contributed by atoms with Crippen LogP contribution in [0.5, 0.6) is 0 Å². The fraction of sp³-hybridized carbons (Fsp3) is 0.127. The van der Waals surface area contributed by atoms with E-state index >= 15 is 0 Å². The van der Waals surface area contributed by atoms with E-state index in [-0.39, 0.29) is 19.2 Å². The molecule has 9 aromatic heterocycles. The smallest absolute Gasteiger partial charge is 0.137 e. The summed E-state index contributed by atoms with van der Waals surface area (Å²) in [6.07, 6.45) is 22.4. The van der Waals surface area contributed by atoms with E-state index in [1.165, 1.54) is 19.2 Å². The molecule has 0 amide bonds. The van der Waals surface area contributed by atoms with Crippen molar-refractivity contribution < 1.29 is 13.2 Å². The van der Waals surface area contributed by atoms with Gasteiger partial charge in [0.15, 0.2) is 0 Å². The first-order valence-corrected chi connectivity index (χ1v) is 23.7. The largest absolute Gasteiger partial charge is 0.388 e. The van der Waals surface area contributed by atoms with Crippen LogP contribution in [0.1, 0.15) is 0 Å². The third kappa shape index (κ3) is 11.3. The molecule has 0 aliphatic rings. The van der Waals surface area contributed by atoms with Crippen molar-refractivity contribution in [2.75, 3.05) is 56.6 Å². The molecule has 12 rings (SSSR count). The molecule has 0 bridgehead atoms. The summed E-state index contributed by atoms with van der Waals surface area (Å²) in [5.41, 5.74) is 9.66. The van der Waals surface area contributed by atoms with Gasteiger partial charge in [0.05, 0.1) is 41.8 Å². The molecule has 71 heavy (non-hydrogen) atoms. The molecule has 3 aromatic carbocycles. The van der Waals surface area contributed by atoms with Gasteiger partial charge in [-0.2, -0.15) is 0 Å². The minimum absolute atomic E-state index is 0.242. The number of benzene rings is 3. The topological polar surface area (TPSA) is 133 Å². The van der Waals surface area contributed by atoms with Crippen LogP contribution in [0.3, 0.4) is 0 Å². The zero-order chi connectivity index (χ0) is 49.7. The summed E-state index contributed by atoms with van der Waals surface area (Å²) in [6, 6.07) is 35.1. The first-order valence-electron chi connectivity index (χ1n) is 22.6. The Bertz CT molecular complexity index is 3680. The number of hydrogen-bond acceptors (Lipinski definition) is 9. The van der Waals surface area contributed by atoms with E-state index in [1.54, 1.807) is 37.1 Å². The van der Waals surface area contributed by atoms with Crippen molar-refractivity contribution in [3.8, 4) is 17.5 Å². The highest BCUT2D eigenvalue weighted by atomic mass is 79.9. The van der Waals surface area contributed by atoms with Crippen LogP contribution in [0.4, 0.5) is 24.5 Å². The van der Waals surface area contributed by atoms with Crippen molar-refractivity contribution in [1.82, 2.24) is 43.6 Å². The van der Waals surface area contributed by atoms with E-state index in [0.29, 0.717) is 11.9 Å². The van der Waals surface area contributed by atoms with Crippen molar-refractivity contribution in [3.63, 3.8) is 0 Å². The van der Waals surface area contributed by atoms with Crippen LogP contribution in [0.25, 0.3) is 82.5 Å². The number of pyridine rings is 6. The average molecular weight is 1020 g/mol. The van der Waals surface area contributed by atoms with Gasteiger partial charge in [0, 0.05) is 125 Å². The number of aromatic nitrogens is 9. The van der Waals surface area contributed by atoms with E-state index in [4.69, 9.17) is 0 Å². The molecule has 0 spiro atoms. The Morgan fingerprint density at radius 1 is 0.507 bits per heavy atom. The Balaban J connectivity index is 0.000000136. The summed E-state index contributed by atoms with van der Waals surface area (Å²) in [7, 11) is 5.32. The third-order valence-corrected chi connectivity index (χ3v) is 11.8. The van der Waals surface area contributed by atoms with Gasteiger partial charge in [-0.3, -0.25) is 33.0 Å². The monoisotopic (exact) mass is 1010 g/mol. The van der Waals surface area contributed by atoms with Gasteiger partial charge in [-0.1, -0.05) is 28.1 Å². The van der Waals surface area contributed by atoms with Crippen molar-refractivity contribution in [1.29, 1.82) is 0 Å². The lowest BCUT2D eigenvalue weighted by Gasteiger charge is -2.18. The molecular weight excluding hydrogens is 966 g/mol. The van der Waals surface area contributed by atoms with E-state index < -0.39 is 0 Å². The number of alkyl halides is 3. The Hall–Kier alpha value is -8.21. The molecule has 9 heterocycles. The molecule has 0 aliphatic carbocycles.